The van der Waals surface area contributed by atoms with Crippen LogP contribution in [0.1, 0.15) is 51.1 Å². The molecule has 2 aromatic rings. The van der Waals surface area contributed by atoms with Gasteiger partial charge >= 0.3 is 0 Å². The van der Waals surface area contributed by atoms with Crippen LogP contribution in [0.5, 0.6) is 11.5 Å². The Bertz CT molecular complexity index is 712. The van der Waals surface area contributed by atoms with E-state index in [4.69, 9.17) is 9.47 Å². The molecule has 0 bridgehead atoms. The van der Waals surface area contributed by atoms with E-state index in [0.717, 1.165) is 22.6 Å². The minimum absolute atomic E-state index is 0.0458. The van der Waals surface area contributed by atoms with Crippen molar-refractivity contribution in [2.75, 3.05) is 14.2 Å². The molecule has 0 amide bonds. The lowest BCUT2D eigenvalue weighted by molar-refractivity contribution is 0.0957. The average molecular weight is 340 g/mol. The Morgan fingerprint density at radius 2 is 1.16 bits per heavy atom. The molecule has 0 aliphatic carbocycles. The summed E-state index contributed by atoms with van der Waals surface area (Å²) in [5.74, 6) is 1.62. The molecule has 25 heavy (non-hydrogen) atoms. The van der Waals surface area contributed by atoms with E-state index in [1.165, 1.54) is 0 Å². The van der Waals surface area contributed by atoms with Crippen molar-refractivity contribution in [2.24, 2.45) is 0 Å². The highest BCUT2D eigenvalue weighted by atomic mass is 16.5. The van der Waals surface area contributed by atoms with E-state index >= 15 is 0 Å². The van der Waals surface area contributed by atoms with Crippen LogP contribution in [0.3, 0.4) is 0 Å². The third-order valence-electron chi connectivity index (χ3n) is 4.24. The Hall–Kier alpha value is -2.62. The van der Waals surface area contributed by atoms with Gasteiger partial charge in [0, 0.05) is 24.0 Å². The summed E-state index contributed by atoms with van der Waals surface area (Å²) in [4.78, 5) is 24.6. The molecule has 4 heteroatoms. The molecule has 0 fully saturated rings. The van der Waals surface area contributed by atoms with Gasteiger partial charge in [-0.1, -0.05) is 0 Å². The lowest BCUT2D eigenvalue weighted by atomic mass is 9.99. The number of aryl methyl sites for hydroxylation is 2. The number of hydrogen-bond donors (Lipinski definition) is 0. The molecule has 2 rings (SSSR count). The Morgan fingerprint density at radius 3 is 1.48 bits per heavy atom. The Kier molecular flexibility index (Phi) is 6.34. The molecular weight excluding hydrogens is 316 g/mol. The molecule has 0 atom stereocenters. The molecule has 0 aliphatic rings. The van der Waals surface area contributed by atoms with Crippen LogP contribution in [0, 0.1) is 13.8 Å². The summed E-state index contributed by atoms with van der Waals surface area (Å²) in [5.41, 5.74) is 3.17. The minimum Gasteiger partial charge on any atom is -0.496 e. The van der Waals surface area contributed by atoms with E-state index in [1.807, 2.05) is 26.0 Å². The monoisotopic (exact) mass is 340 g/mol. The molecule has 4 nitrogen and oxygen atoms in total. The number of carbonyl (C=O) groups is 2. The molecule has 0 saturated carbocycles. The fourth-order valence-electron chi connectivity index (χ4n) is 2.80. The third kappa shape index (κ3) is 4.69. The maximum Gasteiger partial charge on any atom is 0.162 e. The highest BCUT2D eigenvalue weighted by Gasteiger charge is 2.12. The summed E-state index contributed by atoms with van der Waals surface area (Å²) in [7, 11) is 3.21. The van der Waals surface area contributed by atoms with Crippen LogP contribution in [0.15, 0.2) is 36.4 Å². The number of methoxy groups -OCH3 is 2. The van der Waals surface area contributed by atoms with Crippen LogP contribution in [0.2, 0.25) is 0 Å². The van der Waals surface area contributed by atoms with Crippen LogP contribution in [-0.4, -0.2) is 25.8 Å². The van der Waals surface area contributed by atoms with Gasteiger partial charge in [0.25, 0.3) is 0 Å². The van der Waals surface area contributed by atoms with E-state index in [2.05, 4.69) is 0 Å². The molecule has 2 aromatic carbocycles. The van der Waals surface area contributed by atoms with E-state index in [0.29, 0.717) is 30.4 Å². The topological polar surface area (TPSA) is 52.6 Å². The molecule has 0 aliphatic heterocycles. The van der Waals surface area contributed by atoms with Gasteiger partial charge in [-0.05, 0) is 67.8 Å². The van der Waals surface area contributed by atoms with Crippen molar-refractivity contribution in [1.82, 2.24) is 0 Å². The van der Waals surface area contributed by atoms with Crippen molar-refractivity contribution >= 4 is 11.6 Å². The SMILES string of the molecule is COc1ccc(C(=O)CCCC(=O)c2ccc(OC)c(C)c2)cc1C. The first kappa shape index (κ1) is 18.7. The van der Waals surface area contributed by atoms with E-state index in [-0.39, 0.29) is 11.6 Å². The van der Waals surface area contributed by atoms with Gasteiger partial charge in [-0.2, -0.15) is 0 Å². The van der Waals surface area contributed by atoms with Crippen molar-refractivity contribution in [1.29, 1.82) is 0 Å². The van der Waals surface area contributed by atoms with Crippen molar-refractivity contribution in [3.63, 3.8) is 0 Å². The maximum atomic E-state index is 12.3. The summed E-state index contributed by atoms with van der Waals surface area (Å²) in [6.07, 6.45) is 1.24. The second-order valence-electron chi connectivity index (χ2n) is 6.07. The van der Waals surface area contributed by atoms with Crippen molar-refractivity contribution < 1.29 is 19.1 Å². The first-order valence-electron chi connectivity index (χ1n) is 8.32. The second kappa shape index (κ2) is 8.47. The number of rotatable bonds is 8. The Morgan fingerprint density at radius 1 is 0.760 bits per heavy atom. The first-order chi connectivity index (χ1) is 12.0. The van der Waals surface area contributed by atoms with Crippen molar-refractivity contribution in [3.05, 3.63) is 58.7 Å². The van der Waals surface area contributed by atoms with Crippen LogP contribution in [-0.2, 0) is 0 Å². The molecule has 0 saturated heterocycles. The number of carbonyl (C=O) groups excluding carboxylic acids is 2. The fraction of sp³-hybridized carbons (Fsp3) is 0.333. The number of Topliss-reactive ketones (excluding diaryl/α,β-unsaturated/α-hetero) is 2. The molecule has 0 N–H and O–H groups in total. The highest BCUT2D eigenvalue weighted by molar-refractivity contribution is 5.98. The van der Waals surface area contributed by atoms with E-state index in [9.17, 15) is 9.59 Å². The Labute approximate surface area is 148 Å². The summed E-state index contributed by atoms with van der Waals surface area (Å²) < 4.78 is 10.4. The zero-order chi connectivity index (χ0) is 18.4. The summed E-state index contributed by atoms with van der Waals surface area (Å²) in [6, 6.07) is 10.8. The largest absolute Gasteiger partial charge is 0.496 e. The standard InChI is InChI=1S/C21H24O4/c1-14-12-16(8-10-20(14)24-3)18(22)6-5-7-19(23)17-9-11-21(25-4)15(2)13-17/h8-13H,5-7H2,1-4H3. The van der Waals surface area contributed by atoms with E-state index in [1.54, 1.807) is 38.5 Å². The van der Waals surface area contributed by atoms with Crippen molar-refractivity contribution in [2.45, 2.75) is 33.1 Å². The van der Waals surface area contributed by atoms with E-state index < -0.39 is 0 Å². The lowest BCUT2D eigenvalue weighted by Gasteiger charge is -2.08. The fourth-order valence-corrected chi connectivity index (χ4v) is 2.80. The molecular formula is C21H24O4. The quantitative estimate of drug-likeness (QED) is 0.661. The lowest BCUT2D eigenvalue weighted by Crippen LogP contribution is -2.04. The van der Waals surface area contributed by atoms with Gasteiger partial charge < -0.3 is 9.47 Å². The normalized spacial score (nSPS) is 10.4. The smallest absolute Gasteiger partial charge is 0.162 e. The van der Waals surface area contributed by atoms with Crippen LogP contribution in [0.4, 0.5) is 0 Å². The third-order valence-corrected chi connectivity index (χ3v) is 4.24. The van der Waals surface area contributed by atoms with Gasteiger partial charge in [-0.25, -0.2) is 0 Å². The molecule has 0 heterocycles. The van der Waals surface area contributed by atoms with Crippen LogP contribution >= 0.6 is 0 Å². The molecule has 0 aromatic heterocycles. The van der Waals surface area contributed by atoms with Gasteiger partial charge in [-0.15, -0.1) is 0 Å². The Balaban J connectivity index is 1.91. The van der Waals surface area contributed by atoms with Crippen LogP contribution in [0.25, 0.3) is 0 Å². The summed E-state index contributed by atoms with van der Waals surface area (Å²) in [6.45, 7) is 3.82. The minimum atomic E-state index is 0.0458. The van der Waals surface area contributed by atoms with Gasteiger partial charge in [0.2, 0.25) is 0 Å². The predicted molar refractivity (Wildman–Crippen MR) is 98.0 cm³/mol. The second-order valence-corrected chi connectivity index (χ2v) is 6.07. The summed E-state index contributed by atoms with van der Waals surface area (Å²) in [5, 5.41) is 0. The van der Waals surface area contributed by atoms with Crippen molar-refractivity contribution in [3.8, 4) is 11.5 Å². The number of ether oxygens (including phenoxy) is 2. The predicted octanol–water partition coefficient (Wildman–Crippen LogP) is 4.56. The van der Waals surface area contributed by atoms with Gasteiger partial charge in [0.05, 0.1) is 14.2 Å². The van der Waals surface area contributed by atoms with Gasteiger partial charge in [0.1, 0.15) is 11.5 Å². The van der Waals surface area contributed by atoms with Gasteiger partial charge in [-0.3, -0.25) is 9.59 Å². The molecule has 0 spiro atoms. The zero-order valence-electron chi connectivity index (χ0n) is 15.2. The molecule has 0 unspecified atom stereocenters. The average Bonchev–Trinajstić information content (AvgIpc) is 2.61. The zero-order valence-corrected chi connectivity index (χ0v) is 15.2. The highest BCUT2D eigenvalue weighted by Crippen LogP contribution is 2.21. The number of ketones is 2. The first-order valence-corrected chi connectivity index (χ1v) is 8.32. The summed E-state index contributed by atoms with van der Waals surface area (Å²) >= 11 is 0. The molecule has 0 radical (unpaired) electrons. The van der Waals surface area contributed by atoms with Crippen LogP contribution < -0.4 is 9.47 Å². The maximum absolute atomic E-state index is 12.3. The molecule has 132 valence electrons. The number of benzene rings is 2. The van der Waals surface area contributed by atoms with Gasteiger partial charge in [0.15, 0.2) is 11.6 Å². The number of hydrogen-bond acceptors (Lipinski definition) is 4.